The number of carbonyl (C=O) groups is 1. The summed E-state index contributed by atoms with van der Waals surface area (Å²) in [4.78, 5) is 10.6. The van der Waals surface area contributed by atoms with E-state index in [0.717, 1.165) is 0 Å². The molecule has 46 valence electrons. The molecule has 2 nitrogen and oxygen atoms in total. The van der Waals surface area contributed by atoms with Crippen molar-refractivity contribution in [3.8, 4) is 0 Å². The van der Waals surface area contributed by atoms with Gasteiger partial charge < -0.3 is 0 Å². The maximum atomic E-state index is 10.6. The van der Waals surface area contributed by atoms with Crippen LogP contribution >= 0.6 is 0 Å². The molecule has 0 spiro atoms. The molecule has 1 saturated heterocycles. The number of carbonyl (C=O) groups excluding carboxylic acids is 1. The second kappa shape index (κ2) is 1.32. The van der Waals surface area contributed by atoms with E-state index in [4.69, 9.17) is 0 Å². The Bertz CT molecular complexity index is 128. The highest BCUT2D eigenvalue weighted by molar-refractivity contribution is 5.86. The van der Waals surface area contributed by atoms with Gasteiger partial charge in [0.05, 0.1) is 6.04 Å². The smallest absolute Gasteiger partial charge is 0.148 e. The fourth-order valence-corrected chi connectivity index (χ4v) is 0.940. The Morgan fingerprint density at radius 1 is 1.62 bits per heavy atom. The molecule has 0 aromatic heterocycles. The summed E-state index contributed by atoms with van der Waals surface area (Å²) >= 11 is 0. The third-order valence-electron chi connectivity index (χ3n) is 1.56. The lowest BCUT2D eigenvalue weighted by Crippen LogP contribution is -2.10. The number of rotatable bonds is 1. The second-order valence-corrected chi connectivity index (χ2v) is 2.91. The lowest BCUT2D eigenvalue weighted by molar-refractivity contribution is -0.116. The zero-order chi connectivity index (χ0) is 6.36. The van der Waals surface area contributed by atoms with Crippen LogP contribution in [0.25, 0.3) is 0 Å². The average molecular weight is 113 g/mol. The Kier molecular flexibility index (Phi) is 0.949. The van der Waals surface area contributed by atoms with E-state index in [1.165, 1.54) is 0 Å². The van der Waals surface area contributed by atoms with Gasteiger partial charge in [-0.15, -0.1) is 0 Å². The van der Waals surface area contributed by atoms with E-state index >= 15 is 0 Å². The molecule has 1 atom stereocenters. The molecule has 1 heterocycles. The highest BCUT2D eigenvalue weighted by atomic mass is 16.1. The summed E-state index contributed by atoms with van der Waals surface area (Å²) in [5.41, 5.74) is 0.0891. The Morgan fingerprint density at radius 3 is 2.00 bits per heavy atom. The van der Waals surface area contributed by atoms with Gasteiger partial charge in [0.25, 0.3) is 0 Å². The first kappa shape index (κ1) is 5.76. The van der Waals surface area contributed by atoms with Gasteiger partial charge in [-0.2, -0.15) is 0 Å². The van der Waals surface area contributed by atoms with Crippen LogP contribution in [0.4, 0.5) is 0 Å². The standard InChI is InChI=1S/C6H11NO/c1-4(8)5-6(2,3)7-5/h5,7H,1-3H3. The molecule has 0 radical (unpaired) electrons. The van der Waals surface area contributed by atoms with Gasteiger partial charge in [-0.1, -0.05) is 0 Å². The van der Waals surface area contributed by atoms with Crippen molar-refractivity contribution in [1.82, 2.24) is 5.32 Å². The van der Waals surface area contributed by atoms with Crippen LogP contribution in [0.1, 0.15) is 20.8 Å². The number of nitrogens with one attached hydrogen (secondary N) is 1. The van der Waals surface area contributed by atoms with Gasteiger partial charge in [-0.25, -0.2) is 0 Å². The van der Waals surface area contributed by atoms with E-state index in [-0.39, 0.29) is 17.4 Å². The van der Waals surface area contributed by atoms with Crippen LogP contribution in [0.3, 0.4) is 0 Å². The lowest BCUT2D eigenvalue weighted by atomic mass is 10.1. The monoisotopic (exact) mass is 113 g/mol. The van der Waals surface area contributed by atoms with Crippen LogP contribution in [0.5, 0.6) is 0 Å². The van der Waals surface area contributed by atoms with Crippen LogP contribution in [0.15, 0.2) is 0 Å². The summed E-state index contributed by atoms with van der Waals surface area (Å²) in [7, 11) is 0. The molecular formula is C6H11NO. The summed E-state index contributed by atoms with van der Waals surface area (Å²) in [5.74, 6) is 0.245. The molecule has 1 N–H and O–H groups in total. The molecule has 1 rings (SSSR count). The molecule has 1 fully saturated rings. The summed E-state index contributed by atoms with van der Waals surface area (Å²) < 4.78 is 0. The maximum Gasteiger partial charge on any atom is 0.148 e. The molecule has 8 heavy (non-hydrogen) atoms. The molecule has 0 saturated carbocycles. The predicted molar refractivity (Wildman–Crippen MR) is 31.7 cm³/mol. The minimum atomic E-state index is 0.0891. The molecule has 0 aromatic rings. The SMILES string of the molecule is CC(=O)C1NC1(C)C. The number of ketones is 1. The van der Waals surface area contributed by atoms with E-state index in [1.807, 2.05) is 13.8 Å². The van der Waals surface area contributed by atoms with Gasteiger partial charge in [-0.3, -0.25) is 10.1 Å². The first-order valence-corrected chi connectivity index (χ1v) is 2.82. The van der Waals surface area contributed by atoms with Gasteiger partial charge in [0, 0.05) is 5.54 Å². The van der Waals surface area contributed by atoms with E-state index in [9.17, 15) is 4.79 Å². The van der Waals surface area contributed by atoms with Crippen molar-refractivity contribution >= 4 is 5.78 Å². The zero-order valence-corrected chi connectivity index (χ0v) is 5.49. The van der Waals surface area contributed by atoms with E-state index < -0.39 is 0 Å². The van der Waals surface area contributed by atoms with E-state index in [1.54, 1.807) is 6.92 Å². The van der Waals surface area contributed by atoms with Crippen molar-refractivity contribution in [3.05, 3.63) is 0 Å². The lowest BCUT2D eigenvalue weighted by Gasteiger charge is -1.91. The van der Waals surface area contributed by atoms with Crippen LogP contribution in [0, 0.1) is 0 Å². The van der Waals surface area contributed by atoms with E-state index in [0.29, 0.717) is 0 Å². The third kappa shape index (κ3) is 0.757. The van der Waals surface area contributed by atoms with Crippen LogP contribution in [-0.2, 0) is 4.79 Å². The molecular weight excluding hydrogens is 102 g/mol. The van der Waals surface area contributed by atoms with Gasteiger partial charge in [0.15, 0.2) is 0 Å². The summed E-state index contributed by atoms with van der Waals surface area (Å²) in [6.45, 7) is 5.67. The van der Waals surface area contributed by atoms with Gasteiger partial charge in [-0.05, 0) is 20.8 Å². The highest BCUT2D eigenvalue weighted by Gasteiger charge is 2.47. The Labute approximate surface area is 49.3 Å². The summed E-state index contributed by atoms with van der Waals surface area (Å²) in [6, 6.07) is 0.127. The fraction of sp³-hybridized carbons (Fsp3) is 0.833. The average Bonchev–Trinajstić information content (AvgIpc) is 2.13. The van der Waals surface area contributed by atoms with Crippen LogP contribution in [0.2, 0.25) is 0 Å². The van der Waals surface area contributed by atoms with Crippen LogP contribution in [-0.4, -0.2) is 17.4 Å². The number of Topliss-reactive ketones (excluding diaryl/α,β-unsaturated/α-hetero) is 1. The van der Waals surface area contributed by atoms with Gasteiger partial charge in [0.2, 0.25) is 0 Å². The zero-order valence-electron chi connectivity index (χ0n) is 5.49. The number of hydrogen-bond acceptors (Lipinski definition) is 2. The largest absolute Gasteiger partial charge is 0.299 e. The summed E-state index contributed by atoms with van der Waals surface area (Å²) in [6.07, 6.45) is 0. The number of hydrogen-bond donors (Lipinski definition) is 1. The third-order valence-corrected chi connectivity index (χ3v) is 1.56. The Balaban J connectivity index is 2.48. The predicted octanol–water partition coefficient (Wildman–Crippen LogP) is 0.326. The molecule has 0 aromatic carbocycles. The minimum Gasteiger partial charge on any atom is -0.299 e. The first-order chi connectivity index (χ1) is 3.54. The van der Waals surface area contributed by atoms with Crippen molar-refractivity contribution in [3.63, 3.8) is 0 Å². The van der Waals surface area contributed by atoms with Crippen molar-refractivity contribution < 1.29 is 4.79 Å². The van der Waals surface area contributed by atoms with Gasteiger partial charge >= 0.3 is 0 Å². The van der Waals surface area contributed by atoms with Crippen LogP contribution < -0.4 is 5.32 Å². The minimum absolute atomic E-state index is 0.0891. The molecule has 1 aliphatic heterocycles. The van der Waals surface area contributed by atoms with Crippen molar-refractivity contribution in [2.75, 3.05) is 0 Å². The topological polar surface area (TPSA) is 39.0 Å². The first-order valence-electron chi connectivity index (χ1n) is 2.82. The van der Waals surface area contributed by atoms with Gasteiger partial charge in [0.1, 0.15) is 5.78 Å². The maximum absolute atomic E-state index is 10.6. The molecule has 0 bridgehead atoms. The van der Waals surface area contributed by atoms with E-state index in [2.05, 4.69) is 5.32 Å². The van der Waals surface area contributed by atoms with Crippen molar-refractivity contribution in [2.45, 2.75) is 32.4 Å². The van der Waals surface area contributed by atoms with Crippen molar-refractivity contribution in [1.29, 1.82) is 0 Å². The fourth-order valence-electron chi connectivity index (χ4n) is 0.940. The highest BCUT2D eigenvalue weighted by Crippen LogP contribution is 2.24. The Morgan fingerprint density at radius 2 is 2.00 bits per heavy atom. The van der Waals surface area contributed by atoms with Crippen molar-refractivity contribution in [2.24, 2.45) is 0 Å². The quantitative estimate of drug-likeness (QED) is 0.497. The molecule has 1 aliphatic rings. The Hall–Kier alpha value is -0.370. The molecule has 1 unspecified atom stereocenters. The normalized spacial score (nSPS) is 32.1. The molecule has 0 amide bonds. The molecule has 0 aliphatic carbocycles. The summed E-state index contributed by atoms with van der Waals surface area (Å²) in [5, 5.41) is 3.06. The molecule has 2 heteroatoms. The second-order valence-electron chi connectivity index (χ2n) is 2.91.